The minimum absolute atomic E-state index is 0.0463. The number of hydrogen-bond acceptors (Lipinski definition) is 6. The number of aliphatic hydroxyl groups is 1. The van der Waals surface area contributed by atoms with Gasteiger partial charge in [-0.1, -0.05) is 0 Å². The molecule has 4 atom stereocenters. The first kappa shape index (κ1) is 13.5. The van der Waals surface area contributed by atoms with E-state index >= 15 is 0 Å². The average Bonchev–Trinajstić information content (AvgIpc) is 2.36. The van der Waals surface area contributed by atoms with Gasteiger partial charge in [-0.25, -0.2) is 0 Å². The molecule has 0 saturated heterocycles. The number of carbonyl (C=O) groups excluding carboxylic acids is 2. The molecule has 94 valence electrons. The van der Waals surface area contributed by atoms with E-state index in [1.54, 1.807) is 0 Å². The van der Waals surface area contributed by atoms with Crippen LogP contribution < -0.4 is 0 Å². The number of hydrogen-bond donors (Lipinski definition) is 1. The van der Waals surface area contributed by atoms with E-state index in [1.807, 2.05) is 6.07 Å². The highest BCUT2D eigenvalue weighted by atomic mass is 16.5. The molecule has 0 amide bonds. The molecule has 6 heteroatoms. The van der Waals surface area contributed by atoms with E-state index in [0.29, 0.717) is 0 Å². The number of methoxy groups -OCH3 is 2. The highest BCUT2D eigenvalue weighted by Crippen LogP contribution is 2.35. The Kier molecular flexibility index (Phi) is 4.46. The van der Waals surface area contributed by atoms with Crippen molar-refractivity contribution in [1.82, 2.24) is 0 Å². The fraction of sp³-hybridized carbons (Fsp3) is 0.727. The third kappa shape index (κ3) is 2.74. The molecule has 0 radical (unpaired) electrons. The minimum Gasteiger partial charge on any atom is -0.469 e. The summed E-state index contributed by atoms with van der Waals surface area (Å²) in [6.07, 6.45) is -0.751. The Hall–Kier alpha value is -1.61. The molecule has 0 spiro atoms. The summed E-state index contributed by atoms with van der Waals surface area (Å²) in [4.78, 5) is 23.1. The minimum atomic E-state index is -0.912. The molecule has 0 heterocycles. The summed E-state index contributed by atoms with van der Waals surface area (Å²) in [6, 6.07) is 1.93. The van der Waals surface area contributed by atoms with Crippen molar-refractivity contribution in [2.24, 2.45) is 17.8 Å². The molecule has 1 N–H and O–H groups in total. The summed E-state index contributed by atoms with van der Waals surface area (Å²) in [5.41, 5.74) is 0. The van der Waals surface area contributed by atoms with Gasteiger partial charge in [-0.2, -0.15) is 5.26 Å². The monoisotopic (exact) mass is 241 g/mol. The Labute approximate surface area is 99.1 Å². The average molecular weight is 241 g/mol. The Morgan fingerprint density at radius 2 is 1.65 bits per heavy atom. The number of nitrogens with zero attached hydrogens (tertiary/aromatic N) is 1. The molecule has 0 aromatic rings. The van der Waals surface area contributed by atoms with Gasteiger partial charge in [0.25, 0.3) is 0 Å². The third-order valence-electron chi connectivity index (χ3n) is 3.13. The largest absolute Gasteiger partial charge is 0.469 e. The van der Waals surface area contributed by atoms with Gasteiger partial charge < -0.3 is 14.6 Å². The van der Waals surface area contributed by atoms with Crippen molar-refractivity contribution < 1.29 is 24.2 Å². The summed E-state index contributed by atoms with van der Waals surface area (Å²) < 4.78 is 9.20. The first-order valence-electron chi connectivity index (χ1n) is 5.28. The zero-order valence-corrected chi connectivity index (χ0v) is 9.75. The van der Waals surface area contributed by atoms with Gasteiger partial charge in [0, 0.05) is 0 Å². The normalized spacial score (nSPS) is 32.4. The zero-order chi connectivity index (χ0) is 13.0. The summed E-state index contributed by atoms with van der Waals surface area (Å²) in [7, 11) is 2.45. The summed E-state index contributed by atoms with van der Waals surface area (Å²) in [5, 5.41) is 18.5. The second-order valence-corrected chi connectivity index (χ2v) is 4.03. The maximum atomic E-state index is 11.5. The number of esters is 2. The van der Waals surface area contributed by atoms with Crippen LogP contribution in [0.25, 0.3) is 0 Å². The van der Waals surface area contributed by atoms with Gasteiger partial charge in [-0.3, -0.25) is 9.59 Å². The molecule has 0 bridgehead atoms. The topological polar surface area (TPSA) is 96.6 Å². The number of rotatable bonds is 2. The summed E-state index contributed by atoms with van der Waals surface area (Å²) in [6.45, 7) is 0. The van der Waals surface area contributed by atoms with Crippen LogP contribution in [0.1, 0.15) is 12.8 Å². The van der Waals surface area contributed by atoms with Gasteiger partial charge >= 0.3 is 11.9 Å². The number of carbonyl (C=O) groups is 2. The van der Waals surface area contributed by atoms with Crippen molar-refractivity contribution >= 4 is 11.9 Å². The van der Waals surface area contributed by atoms with Gasteiger partial charge in [0.1, 0.15) is 0 Å². The highest BCUT2D eigenvalue weighted by molar-refractivity contribution is 5.82. The summed E-state index contributed by atoms with van der Waals surface area (Å²) >= 11 is 0. The predicted octanol–water partition coefficient (Wildman–Crippen LogP) is -0.141. The van der Waals surface area contributed by atoms with Crippen LogP contribution in [0.3, 0.4) is 0 Å². The molecule has 1 aliphatic carbocycles. The number of ether oxygens (including phenoxy) is 2. The SMILES string of the molecule is COC(=O)[C@H]1C[C@H](O)[C@@H](C#N)C[C@H]1C(=O)OC. The van der Waals surface area contributed by atoms with E-state index in [2.05, 4.69) is 9.47 Å². The molecule has 0 aliphatic heterocycles. The van der Waals surface area contributed by atoms with Crippen molar-refractivity contribution in [2.45, 2.75) is 18.9 Å². The van der Waals surface area contributed by atoms with Gasteiger partial charge in [-0.15, -0.1) is 0 Å². The molecule has 1 saturated carbocycles. The molecule has 0 aromatic heterocycles. The second kappa shape index (κ2) is 5.64. The lowest BCUT2D eigenvalue weighted by Crippen LogP contribution is -2.42. The van der Waals surface area contributed by atoms with Crippen molar-refractivity contribution in [3.8, 4) is 6.07 Å². The Morgan fingerprint density at radius 1 is 1.18 bits per heavy atom. The standard InChI is InChI=1S/C11H15NO5/c1-16-10(14)7-3-6(5-12)9(13)4-8(7)11(15)17-2/h6-9,13H,3-4H2,1-2H3/t6-,7-,8+,9+/m1/s1. The van der Waals surface area contributed by atoms with E-state index in [-0.39, 0.29) is 12.8 Å². The van der Waals surface area contributed by atoms with Crippen LogP contribution in [0.2, 0.25) is 0 Å². The van der Waals surface area contributed by atoms with Crippen LogP contribution in [0, 0.1) is 29.1 Å². The lowest BCUT2D eigenvalue weighted by molar-refractivity contribution is -0.162. The first-order chi connectivity index (χ1) is 8.04. The van der Waals surface area contributed by atoms with Gasteiger partial charge in [0.15, 0.2) is 0 Å². The van der Waals surface area contributed by atoms with Crippen LogP contribution in [0.15, 0.2) is 0 Å². The Bertz CT molecular complexity index is 348. The quantitative estimate of drug-likeness (QED) is 0.676. The molecule has 1 rings (SSSR count). The molecular formula is C11H15NO5. The van der Waals surface area contributed by atoms with Gasteiger partial charge in [-0.05, 0) is 12.8 Å². The van der Waals surface area contributed by atoms with Crippen molar-refractivity contribution in [2.75, 3.05) is 14.2 Å². The third-order valence-corrected chi connectivity index (χ3v) is 3.13. The first-order valence-corrected chi connectivity index (χ1v) is 5.28. The van der Waals surface area contributed by atoms with Crippen LogP contribution in [-0.4, -0.2) is 37.4 Å². The van der Waals surface area contributed by atoms with Gasteiger partial charge in [0.05, 0.1) is 44.1 Å². The maximum absolute atomic E-state index is 11.5. The van der Waals surface area contributed by atoms with E-state index in [9.17, 15) is 14.7 Å². The lowest BCUT2D eigenvalue weighted by Gasteiger charge is -2.33. The number of nitriles is 1. The lowest BCUT2D eigenvalue weighted by atomic mass is 9.73. The molecule has 1 aliphatic rings. The predicted molar refractivity (Wildman–Crippen MR) is 55.4 cm³/mol. The smallest absolute Gasteiger partial charge is 0.309 e. The van der Waals surface area contributed by atoms with Crippen molar-refractivity contribution in [1.29, 1.82) is 5.26 Å². The molecule has 17 heavy (non-hydrogen) atoms. The van der Waals surface area contributed by atoms with Gasteiger partial charge in [0.2, 0.25) is 0 Å². The maximum Gasteiger partial charge on any atom is 0.309 e. The Balaban J connectivity index is 2.90. The Morgan fingerprint density at radius 3 is 2.06 bits per heavy atom. The van der Waals surface area contributed by atoms with Crippen LogP contribution in [-0.2, 0) is 19.1 Å². The molecule has 1 fully saturated rings. The van der Waals surface area contributed by atoms with E-state index < -0.39 is 35.8 Å². The van der Waals surface area contributed by atoms with E-state index in [0.717, 1.165) is 0 Å². The molecule has 0 unspecified atom stereocenters. The van der Waals surface area contributed by atoms with Crippen molar-refractivity contribution in [3.05, 3.63) is 0 Å². The molecular weight excluding hydrogens is 226 g/mol. The molecule has 6 nitrogen and oxygen atoms in total. The zero-order valence-electron chi connectivity index (χ0n) is 9.75. The number of aliphatic hydroxyl groups excluding tert-OH is 1. The fourth-order valence-corrected chi connectivity index (χ4v) is 2.15. The van der Waals surface area contributed by atoms with E-state index in [1.165, 1.54) is 14.2 Å². The summed E-state index contributed by atoms with van der Waals surface area (Å²) in [5.74, 6) is -3.23. The van der Waals surface area contributed by atoms with Crippen LogP contribution >= 0.6 is 0 Å². The highest BCUT2D eigenvalue weighted by Gasteiger charge is 2.44. The van der Waals surface area contributed by atoms with E-state index in [4.69, 9.17) is 5.26 Å². The van der Waals surface area contributed by atoms with Crippen LogP contribution in [0.4, 0.5) is 0 Å². The van der Waals surface area contributed by atoms with Crippen LogP contribution in [0.5, 0.6) is 0 Å². The van der Waals surface area contributed by atoms with Crippen molar-refractivity contribution in [3.63, 3.8) is 0 Å². The fourth-order valence-electron chi connectivity index (χ4n) is 2.15. The molecule has 0 aromatic carbocycles. The second-order valence-electron chi connectivity index (χ2n) is 4.03.